The van der Waals surface area contributed by atoms with Gasteiger partial charge in [-0.15, -0.1) is 0 Å². The second-order valence-corrected chi connectivity index (χ2v) is 7.26. The first-order valence-corrected chi connectivity index (χ1v) is 9.13. The second-order valence-electron chi connectivity index (χ2n) is 6.23. The van der Waals surface area contributed by atoms with Crippen molar-refractivity contribution in [3.8, 4) is 0 Å². The summed E-state index contributed by atoms with van der Waals surface area (Å²) in [6.07, 6.45) is 5.14. The molecule has 1 amide bonds. The number of thiazole rings is 1. The van der Waals surface area contributed by atoms with Crippen LogP contribution in [-0.4, -0.2) is 29.0 Å². The number of fused-ring (bicyclic) bond motifs is 1. The predicted molar refractivity (Wildman–Crippen MR) is 97.3 cm³/mol. The average Bonchev–Trinajstić information content (AvgIpc) is 3.05. The Balaban J connectivity index is 1.48. The largest absolute Gasteiger partial charge is 0.371 e. The molecule has 0 unspecified atom stereocenters. The van der Waals surface area contributed by atoms with Crippen LogP contribution in [0.2, 0.25) is 0 Å². The van der Waals surface area contributed by atoms with Gasteiger partial charge in [-0.3, -0.25) is 9.78 Å². The van der Waals surface area contributed by atoms with Gasteiger partial charge in [0.1, 0.15) is 11.3 Å². The van der Waals surface area contributed by atoms with Crippen molar-refractivity contribution in [2.45, 2.75) is 12.8 Å². The number of nitrogens with one attached hydrogen (secondary N) is 1. The summed E-state index contributed by atoms with van der Waals surface area (Å²) >= 11 is 1.07. The minimum absolute atomic E-state index is 0.0776. The van der Waals surface area contributed by atoms with E-state index < -0.39 is 11.6 Å². The van der Waals surface area contributed by atoms with Crippen molar-refractivity contribution >= 4 is 38.3 Å². The number of carbonyl (C=O) groups is 1. The number of hydrogen-bond donors (Lipinski definition) is 1. The minimum Gasteiger partial charge on any atom is -0.371 e. The first kappa shape index (κ1) is 16.8. The zero-order valence-electron chi connectivity index (χ0n) is 13.8. The fourth-order valence-corrected chi connectivity index (χ4v) is 4.11. The molecule has 1 N–H and O–H groups in total. The van der Waals surface area contributed by atoms with Crippen molar-refractivity contribution in [3.63, 3.8) is 0 Å². The van der Waals surface area contributed by atoms with E-state index in [0.717, 1.165) is 42.5 Å². The topological polar surface area (TPSA) is 58.1 Å². The third kappa shape index (κ3) is 3.37. The molecular weight excluding hydrogens is 358 g/mol. The molecule has 0 spiro atoms. The van der Waals surface area contributed by atoms with E-state index >= 15 is 0 Å². The maximum absolute atomic E-state index is 13.8. The molecular formula is C18H16F2N4OS. The highest BCUT2D eigenvalue weighted by Gasteiger charge is 2.27. The van der Waals surface area contributed by atoms with Crippen molar-refractivity contribution in [2.24, 2.45) is 5.92 Å². The van der Waals surface area contributed by atoms with Crippen LogP contribution in [0.1, 0.15) is 12.8 Å². The number of nitrogens with zero attached hydrogens (tertiary/aromatic N) is 3. The second kappa shape index (κ2) is 6.95. The Bertz CT molecular complexity index is 947. The first-order chi connectivity index (χ1) is 12.6. The normalized spacial score (nSPS) is 17.5. The van der Waals surface area contributed by atoms with Gasteiger partial charge in [0.15, 0.2) is 10.9 Å². The number of halogens is 2. The number of pyridine rings is 1. The lowest BCUT2D eigenvalue weighted by molar-refractivity contribution is -0.120. The van der Waals surface area contributed by atoms with Crippen LogP contribution >= 0.6 is 11.3 Å². The van der Waals surface area contributed by atoms with Crippen LogP contribution in [0.4, 0.5) is 19.6 Å². The Labute approximate surface area is 152 Å². The molecule has 1 fully saturated rings. The standard InChI is InChI=1S/C18H16F2N4OS/c19-12-8-14(20)16-15(9-12)26-18(22-16)23-17(25)11-2-1-7-24(10-11)13-3-5-21-6-4-13/h3-6,8-9,11H,1-2,7,10H2,(H,22,23,25)/t11-/m1/s1. The number of anilines is 2. The van der Waals surface area contributed by atoms with Gasteiger partial charge in [-0.05, 0) is 31.0 Å². The summed E-state index contributed by atoms with van der Waals surface area (Å²) in [5.41, 5.74) is 1.11. The van der Waals surface area contributed by atoms with Crippen molar-refractivity contribution in [1.29, 1.82) is 0 Å². The fraction of sp³-hybridized carbons (Fsp3) is 0.278. The zero-order valence-corrected chi connectivity index (χ0v) is 14.6. The van der Waals surface area contributed by atoms with Crippen LogP contribution in [0, 0.1) is 17.6 Å². The molecule has 1 aromatic carbocycles. The van der Waals surface area contributed by atoms with Crippen molar-refractivity contribution < 1.29 is 13.6 Å². The van der Waals surface area contributed by atoms with Gasteiger partial charge in [0, 0.05) is 37.2 Å². The van der Waals surface area contributed by atoms with Crippen molar-refractivity contribution in [1.82, 2.24) is 9.97 Å². The molecule has 1 aliphatic rings. The molecule has 3 aromatic rings. The maximum Gasteiger partial charge on any atom is 0.231 e. The summed E-state index contributed by atoms with van der Waals surface area (Å²) in [7, 11) is 0. The number of aromatic nitrogens is 2. The SMILES string of the molecule is O=C(Nc1nc2c(F)cc(F)cc2s1)[C@@H]1CCCN(c2ccncc2)C1. The fourth-order valence-electron chi connectivity index (χ4n) is 3.20. The van der Waals surface area contributed by atoms with Crippen LogP contribution < -0.4 is 10.2 Å². The summed E-state index contributed by atoms with van der Waals surface area (Å²) in [5, 5.41) is 3.05. The molecule has 8 heteroatoms. The van der Waals surface area contributed by atoms with Crippen LogP contribution in [0.3, 0.4) is 0 Å². The van der Waals surface area contributed by atoms with Crippen molar-refractivity contribution in [3.05, 3.63) is 48.3 Å². The molecule has 0 radical (unpaired) electrons. The molecule has 5 nitrogen and oxygen atoms in total. The van der Waals surface area contributed by atoms with Gasteiger partial charge < -0.3 is 10.2 Å². The molecule has 26 heavy (non-hydrogen) atoms. The highest BCUT2D eigenvalue weighted by atomic mass is 32.1. The van der Waals surface area contributed by atoms with E-state index in [1.54, 1.807) is 12.4 Å². The number of rotatable bonds is 3. The van der Waals surface area contributed by atoms with Gasteiger partial charge in [0.25, 0.3) is 0 Å². The third-order valence-corrected chi connectivity index (χ3v) is 5.38. The van der Waals surface area contributed by atoms with E-state index in [-0.39, 0.29) is 22.5 Å². The number of amides is 1. The van der Waals surface area contributed by atoms with Crippen LogP contribution in [0.25, 0.3) is 10.2 Å². The Kier molecular flexibility index (Phi) is 4.50. The molecule has 0 saturated carbocycles. The van der Waals surface area contributed by atoms with Gasteiger partial charge in [-0.25, -0.2) is 13.8 Å². The Hall–Kier alpha value is -2.61. The number of carbonyl (C=O) groups excluding carboxylic acids is 1. The summed E-state index contributed by atoms with van der Waals surface area (Å²) in [5.74, 6) is -1.72. The van der Waals surface area contributed by atoms with E-state index in [9.17, 15) is 13.6 Å². The summed E-state index contributed by atoms with van der Waals surface area (Å²) in [6, 6.07) is 5.86. The van der Waals surface area contributed by atoms with E-state index in [2.05, 4.69) is 20.2 Å². The quantitative estimate of drug-likeness (QED) is 0.757. The molecule has 134 valence electrons. The van der Waals surface area contributed by atoms with E-state index in [0.29, 0.717) is 11.2 Å². The Morgan fingerprint density at radius 1 is 1.27 bits per heavy atom. The van der Waals surface area contributed by atoms with Crippen molar-refractivity contribution in [2.75, 3.05) is 23.3 Å². The van der Waals surface area contributed by atoms with E-state index in [1.165, 1.54) is 6.07 Å². The predicted octanol–water partition coefficient (Wildman–Crippen LogP) is 3.82. The Morgan fingerprint density at radius 3 is 2.88 bits per heavy atom. The van der Waals surface area contributed by atoms with Gasteiger partial charge in [-0.2, -0.15) is 0 Å². The zero-order chi connectivity index (χ0) is 18.1. The Morgan fingerprint density at radius 2 is 2.08 bits per heavy atom. The van der Waals surface area contributed by atoms with Gasteiger partial charge in [-0.1, -0.05) is 11.3 Å². The first-order valence-electron chi connectivity index (χ1n) is 8.31. The van der Waals surface area contributed by atoms with E-state index in [1.807, 2.05) is 12.1 Å². The summed E-state index contributed by atoms with van der Waals surface area (Å²) < 4.78 is 27.5. The lowest BCUT2D eigenvalue weighted by Gasteiger charge is -2.33. The highest BCUT2D eigenvalue weighted by Crippen LogP contribution is 2.30. The van der Waals surface area contributed by atoms with E-state index in [4.69, 9.17) is 0 Å². The van der Waals surface area contributed by atoms with Crippen LogP contribution in [0.15, 0.2) is 36.7 Å². The molecule has 4 rings (SSSR count). The van der Waals surface area contributed by atoms with Crippen LogP contribution in [0.5, 0.6) is 0 Å². The molecule has 1 saturated heterocycles. The average molecular weight is 374 g/mol. The summed E-state index contributed by atoms with van der Waals surface area (Å²) in [4.78, 5) is 22.9. The lowest BCUT2D eigenvalue weighted by Crippen LogP contribution is -2.40. The highest BCUT2D eigenvalue weighted by molar-refractivity contribution is 7.22. The number of benzene rings is 1. The molecule has 3 heterocycles. The monoisotopic (exact) mass is 374 g/mol. The third-order valence-electron chi connectivity index (χ3n) is 4.46. The minimum atomic E-state index is -0.724. The lowest BCUT2D eigenvalue weighted by atomic mass is 9.97. The summed E-state index contributed by atoms with van der Waals surface area (Å²) in [6.45, 7) is 1.49. The number of piperidine rings is 1. The molecule has 2 aromatic heterocycles. The van der Waals surface area contributed by atoms with Gasteiger partial charge in [0.05, 0.1) is 10.6 Å². The number of hydrogen-bond acceptors (Lipinski definition) is 5. The van der Waals surface area contributed by atoms with Crippen LogP contribution in [-0.2, 0) is 4.79 Å². The molecule has 0 bridgehead atoms. The molecule has 0 aliphatic carbocycles. The molecule has 1 aliphatic heterocycles. The van der Waals surface area contributed by atoms with Gasteiger partial charge in [0.2, 0.25) is 5.91 Å². The smallest absolute Gasteiger partial charge is 0.231 e. The maximum atomic E-state index is 13.8. The van der Waals surface area contributed by atoms with Gasteiger partial charge >= 0.3 is 0 Å². The molecule has 1 atom stereocenters.